The second kappa shape index (κ2) is 12.8. The molecule has 0 radical (unpaired) electrons. The van der Waals surface area contributed by atoms with Gasteiger partial charge in [-0.1, -0.05) is 43.2 Å². The Kier molecular flexibility index (Phi) is 8.74. The highest BCUT2D eigenvalue weighted by atomic mass is 32.1. The molecule has 3 aliphatic rings. The van der Waals surface area contributed by atoms with E-state index in [-0.39, 0.29) is 11.2 Å². The monoisotopic (exact) mass is 587 g/mol. The number of piperazine rings is 1. The quantitative estimate of drug-likeness (QED) is 0.321. The maximum Gasteiger partial charge on any atom is 0.232 e. The third kappa shape index (κ3) is 6.46. The second-order valence-corrected chi connectivity index (χ2v) is 12.5. The van der Waals surface area contributed by atoms with Gasteiger partial charge in [0, 0.05) is 62.5 Å². The van der Waals surface area contributed by atoms with Crippen molar-refractivity contribution in [2.24, 2.45) is 0 Å². The van der Waals surface area contributed by atoms with Crippen molar-refractivity contribution in [3.05, 3.63) is 72.0 Å². The first kappa shape index (κ1) is 28.6. The highest BCUT2D eigenvalue weighted by molar-refractivity contribution is 7.80. The van der Waals surface area contributed by atoms with Crippen molar-refractivity contribution in [3.8, 4) is 0 Å². The first-order valence-electron chi connectivity index (χ1n) is 15.5. The molecule has 1 aliphatic carbocycles. The first-order chi connectivity index (χ1) is 20.5. The lowest BCUT2D eigenvalue weighted by Crippen LogP contribution is -2.47. The summed E-state index contributed by atoms with van der Waals surface area (Å²) in [5.74, 6) is 2.23. The van der Waals surface area contributed by atoms with Crippen molar-refractivity contribution >= 4 is 40.6 Å². The SMILES string of the molecule is C[C@@H]1CCCCN1c1cc(N2CCN(c3ccccc3)CC2)nc(NC(=S)NCC2(c3ccc(F)cc3)CCCC2)n1. The zero-order valence-electron chi connectivity index (χ0n) is 24.6. The molecule has 3 fully saturated rings. The summed E-state index contributed by atoms with van der Waals surface area (Å²) in [5, 5.41) is 7.32. The Balaban J connectivity index is 1.18. The lowest BCUT2D eigenvalue weighted by atomic mass is 9.79. The largest absolute Gasteiger partial charge is 0.368 e. The Hall–Kier alpha value is -3.46. The minimum atomic E-state index is -0.200. The first-order valence-corrected chi connectivity index (χ1v) is 15.9. The van der Waals surface area contributed by atoms with Crippen molar-refractivity contribution < 1.29 is 4.39 Å². The Morgan fingerprint density at radius 1 is 0.881 bits per heavy atom. The predicted molar refractivity (Wildman–Crippen MR) is 174 cm³/mol. The van der Waals surface area contributed by atoms with Crippen LogP contribution < -0.4 is 25.3 Å². The van der Waals surface area contributed by atoms with Crippen LogP contribution in [-0.2, 0) is 5.41 Å². The maximum atomic E-state index is 13.6. The number of hydrogen-bond donors (Lipinski definition) is 2. The van der Waals surface area contributed by atoms with Gasteiger partial charge in [-0.3, -0.25) is 0 Å². The molecule has 9 heteroatoms. The predicted octanol–water partition coefficient (Wildman–Crippen LogP) is 6.12. The highest BCUT2D eigenvalue weighted by Crippen LogP contribution is 2.40. The number of benzene rings is 2. The van der Waals surface area contributed by atoms with Crippen LogP contribution in [0, 0.1) is 5.82 Å². The topological polar surface area (TPSA) is 59.6 Å². The molecule has 0 unspecified atom stereocenters. The lowest BCUT2D eigenvalue weighted by molar-refractivity contribution is 0.434. The molecule has 2 aromatic carbocycles. The van der Waals surface area contributed by atoms with E-state index in [4.69, 9.17) is 22.2 Å². The molecule has 2 saturated heterocycles. The smallest absolute Gasteiger partial charge is 0.232 e. The molecular weight excluding hydrogens is 545 g/mol. The van der Waals surface area contributed by atoms with Crippen molar-refractivity contribution in [2.45, 2.75) is 63.3 Å². The van der Waals surface area contributed by atoms with Crippen LogP contribution in [0.4, 0.5) is 27.7 Å². The Morgan fingerprint density at radius 3 is 2.29 bits per heavy atom. The summed E-state index contributed by atoms with van der Waals surface area (Å²) in [7, 11) is 0. The number of piperidine rings is 1. The van der Waals surface area contributed by atoms with E-state index in [9.17, 15) is 4.39 Å². The molecule has 2 aliphatic heterocycles. The molecule has 1 saturated carbocycles. The van der Waals surface area contributed by atoms with Gasteiger partial charge in [-0.25, -0.2) is 4.39 Å². The molecule has 0 amide bonds. The van der Waals surface area contributed by atoms with Gasteiger partial charge in [0.1, 0.15) is 17.5 Å². The molecule has 6 rings (SSSR count). The number of rotatable bonds is 7. The molecule has 2 N–H and O–H groups in total. The van der Waals surface area contributed by atoms with Crippen molar-refractivity contribution in [3.63, 3.8) is 0 Å². The number of nitrogens with one attached hydrogen (secondary N) is 2. The van der Waals surface area contributed by atoms with Gasteiger partial charge in [-0.15, -0.1) is 0 Å². The summed E-state index contributed by atoms with van der Waals surface area (Å²) in [4.78, 5) is 17.1. The van der Waals surface area contributed by atoms with Crippen LogP contribution in [0.15, 0.2) is 60.7 Å². The van der Waals surface area contributed by atoms with Gasteiger partial charge in [0.2, 0.25) is 5.95 Å². The van der Waals surface area contributed by atoms with Gasteiger partial charge in [-0.05, 0) is 81.1 Å². The second-order valence-electron chi connectivity index (χ2n) is 12.1. The Bertz CT molecular complexity index is 1340. The zero-order valence-corrected chi connectivity index (χ0v) is 25.4. The van der Waals surface area contributed by atoms with Crippen LogP contribution in [0.1, 0.15) is 57.4 Å². The maximum absolute atomic E-state index is 13.6. The standard InChI is InChI=1S/C33H42FN7S/c1-25-9-5-8-18-41(25)30-23-29(40-21-19-39(20-22-40)28-10-3-2-4-11-28)36-31(37-30)38-32(42)35-24-33(16-6-7-17-33)26-12-14-27(34)15-13-26/h2-4,10-15,23,25H,5-9,16-22,24H2,1H3,(H2,35,36,37,38,42)/t25-/m1/s1. The van der Waals surface area contributed by atoms with Crippen molar-refractivity contribution in [1.82, 2.24) is 15.3 Å². The summed E-state index contributed by atoms with van der Waals surface area (Å²) in [6.07, 6.45) is 8.06. The van der Waals surface area contributed by atoms with Crippen molar-refractivity contribution in [2.75, 3.05) is 59.3 Å². The average molecular weight is 588 g/mol. The van der Waals surface area contributed by atoms with E-state index >= 15 is 0 Å². The fraction of sp³-hybridized carbons (Fsp3) is 0.485. The van der Waals surface area contributed by atoms with Gasteiger partial charge in [0.15, 0.2) is 5.11 Å². The highest BCUT2D eigenvalue weighted by Gasteiger charge is 2.35. The van der Waals surface area contributed by atoms with E-state index in [0.717, 1.165) is 57.2 Å². The van der Waals surface area contributed by atoms with E-state index in [0.29, 0.717) is 23.6 Å². The van der Waals surface area contributed by atoms with Crippen LogP contribution >= 0.6 is 12.2 Å². The number of nitrogens with zero attached hydrogens (tertiary/aromatic N) is 5. The number of aromatic nitrogens is 2. The van der Waals surface area contributed by atoms with Gasteiger partial charge in [-0.2, -0.15) is 9.97 Å². The van der Waals surface area contributed by atoms with Crippen LogP contribution in [0.25, 0.3) is 0 Å². The summed E-state index contributed by atoms with van der Waals surface area (Å²) >= 11 is 5.79. The van der Waals surface area contributed by atoms with E-state index in [1.54, 1.807) is 12.1 Å². The molecule has 1 atom stereocenters. The van der Waals surface area contributed by atoms with Gasteiger partial charge in [0.05, 0.1) is 0 Å². The molecule has 222 valence electrons. The Labute approximate surface area is 254 Å². The molecule has 7 nitrogen and oxygen atoms in total. The molecule has 0 bridgehead atoms. The number of para-hydroxylation sites is 1. The minimum absolute atomic E-state index is 0.0467. The fourth-order valence-electron chi connectivity index (χ4n) is 6.88. The minimum Gasteiger partial charge on any atom is -0.368 e. The number of thiocarbonyl (C=S) groups is 1. The summed E-state index contributed by atoms with van der Waals surface area (Å²) in [6, 6.07) is 20.2. The summed E-state index contributed by atoms with van der Waals surface area (Å²) < 4.78 is 13.6. The van der Waals surface area contributed by atoms with Crippen LogP contribution in [0.5, 0.6) is 0 Å². The van der Waals surface area contributed by atoms with E-state index in [1.807, 2.05) is 12.1 Å². The van der Waals surface area contributed by atoms with E-state index < -0.39 is 0 Å². The average Bonchev–Trinajstić information content (AvgIpc) is 3.51. The van der Waals surface area contributed by atoms with Crippen molar-refractivity contribution in [1.29, 1.82) is 0 Å². The number of anilines is 4. The van der Waals surface area contributed by atoms with Crippen LogP contribution in [0.3, 0.4) is 0 Å². The Morgan fingerprint density at radius 2 is 1.57 bits per heavy atom. The third-order valence-corrected chi connectivity index (χ3v) is 9.60. The number of hydrogen-bond acceptors (Lipinski definition) is 6. The molecule has 0 spiro atoms. The normalized spacial score (nSPS) is 20.4. The molecule has 3 aromatic rings. The van der Waals surface area contributed by atoms with Gasteiger partial charge in [0.25, 0.3) is 0 Å². The van der Waals surface area contributed by atoms with Gasteiger partial charge < -0.3 is 25.3 Å². The van der Waals surface area contributed by atoms with E-state index in [1.165, 1.54) is 43.4 Å². The zero-order chi connectivity index (χ0) is 28.9. The third-order valence-electron chi connectivity index (χ3n) is 9.35. The summed E-state index contributed by atoms with van der Waals surface area (Å²) in [6.45, 7) is 7.65. The summed E-state index contributed by atoms with van der Waals surface area (Å²) in [5.41, 5.74) is 2.39. The molecule has 42 heavy (non-hydrogen) atoms. The molecule has 1 aromatic heterocycles. The number of halogens is 1. The van der Waals surface area contributed by atoms with Gasteiger partial charge >= 0.3 is 0 Å². The fourth-order valence-corrected chi connectivity index (χ4v) is 7.04. The lowest BCUT2D eigenvalue weighted by Gasteiger charge is -2.38. The van der Waals surface area contributed by atoms with Crippen LogP contribution in [0.2, 0.25) is 0 Å². The molecule has 3 heterocycles. The van der Waals surface area contributed by atoms with E-state index in [2.05, 4.69) is 68.7 Å². The van der Waals surface area contributed by atoms with Crippen LogP contribution in [-0.4, -0.2) is 60.4 Å². The molecular formula is C33H42FN7S.